The molecule has 0 aromatic heterocycles. The van der Waals surface area contributed by atoms with Gasteiger partial charge >= 0.3 is 0 Å². The van der Waals surface area contributed by atoms with E-state index in [1.54, 1.807) is 7.11 Å². The molecule has 140 valence electrons. The van der Waals surface area contributed by atoms with Gasteiger partial charge in [0.2, 0.25) is 5.91 Å². The van der Waals surface area contributed by atoms with Crippen LogP contribution in [0.3, 0.4) is 0 Å². The Hall–Kier alpha value is -2.04. The quantitative estimate of drug-likeness (QED) is 0.799. The molecule has 0 unspecified atom stereocenters. The second-order valence-electron chi connectivity index (χ2n) is 6.92. The smallest absolute Gasteiger partial charge is 0.238 e. The molecule has 26 heavy (non-hydrogen) atoms. The third-order valence-electron chi connectivity index (χ3n) is 4.29. The van der Waals surface area contributed by atoms with E-state index in [9.17, 15) is 4.79 Å². The number of rotatable bonds is 6. The topological polar surface area (TPSA) is 41.6 Å². The number of nitrogens with one attached hydrogen (secondary N) is 1. The molecule has 0 saturated heterocycles. The van der Waals surface area contributed by atoms with E-state index in [1.165, 1.54) is 0 Å². The molecule has 0 bridgehead atoms. The van der Waals surface area contributed by atoms with Gasteiger partial charge in [-0.15, -0.1) is 0 Å². The SMILES string of the molecule is COc1c(C)cc(CN(C)CC(=O)Nc2c(C)cc(C)cc2Cl)cc1C. The molecule has 4 nitrogen and oxygen atoms in total. The molecule has 0 aliphatic carbocycles. The van der Waals surface area contributed by atoms with E-state index in [4.69, 9.17) is 16.3 Å². The van der Waals surface area contributed by atoms with Crippen LogP contribution < -0.4 is 10.1 Å². The van der Waals surface area contributed by atoms with Crippen LogP contribution in [0.2, 0.25) is 5.02 Å². The zero-order chi connectivity index (χ0) is 19.4. The maximum atomic E-state index is 12.4. The fourth-order valence-corrected chi connectivity index (χ4v) is 3.69. The zero-order valence-corrected chi connectivity index (χ0v) is 17.1. The van der Waals surface area contributed by atoms with Crippen molar-refractivity contribution in [2.24, 2.45) is 0 Å². The largest absolute Gasteiger partial charge is 0.496 e. The second-order valence-corrected chi connectivity index (χ2v) is 7.33. The Labute approximate surface area is 161 Å². The molecular formula is C21H27ClN2O2. The van der Waals surface area contributed by atoms with Crippen molar-refractivity contribution in [3.63, 3.8) is 0 Å². The minimum absolute atomic E-state index is 0.0803. The molecule has 0 atom stereocenters. The first-order valence-electron chi connectivity index (χ1n) is 8.60. The van der Waals surface area contributed by atoms with Gasteiger partial charge in [0.15, 0.2) is 0 Å². The molecule has 0 saturated carbocycles. The molecule has 2 aromatic rings. The first-order chi connectivity index (χ1) is 12.2. The molecule has 0 aliphatic heterocycles. The van der Waals surface area contributed by atoms with Crippen LogP contribution in [-0.2, 0) is 11.3 Å². The molecular weight excluding hydrogens is 348 g/mol. The van der Waals surface area contributed by atoms with Gasteiger partial charge in [0.25, 0.3) is 0 Å². The van der Waals surface area contributed by atoms with E-state index < -0.39 is 0 Å². The number of halogens is 1. The number of methoxy groups -OCH3 is 1. The normalized spacial score (nSPS) is 10.9. The number of hydrogen-bond acceptors (Lipinski definition) is 3. The van der Waals surface area contributed by atoms with Crippen molar-refractivity contribution in [1.29, 1.82) is 0 Å². The van der Waals surface area contributed by atoms with Crippen LogP contribution in [0, 0.1) is 27.7 Å². The first kappa shape index (κ1) is 20.3. The highest BCUT2D eigenvalue weighted by Crippen LogP contribution is 2.27. The van der Waals surface area contributed by atoms with Crippen LogP contribution in [0.1, 0.15) is 27.8 Å². The molecule has 1 amide bonds. The van der Waals surface area contributed by atoms with Gasteiger partial charge in [-0.3, -0.25) is 9.69 Å². The fourth-order valence-electron chi connectivity index (χ4n) is 3.32. The number of anilines is 1. The predicted octanol–water partition coefficient (Wildman–Crippen LogP) is 4.65. The van der Waals surface area contributed by atoms with Gasteiger partial charge in [-0.05, 0) is 68.6 Å². The van der Waals surface area contributed by atoms with Crippen LogP contribution in [-0.4, -0.2) is 31.5 Å². The standard InChI is InChI=1S/C21H27ClN2O2/c1-13-7-14(2)20(18(22)8-13)23-19(25)12-24(5)11-17-9-15(3)21(26-6)16(4)10-17/h7-10H,11-12H2,1-6H3,(H,23,25). The Morgan fingerprint density at radius 1 is 1.08 bits per heavy atom. The number of carbonyl (C=O) groups is 1. The summed E-state index contributed by atoms with van der Waals surface area (Å²) in [5.41, 5.74) is 6.08. The molecule has 0 aliphatic rings. The lowest BCUT2D eigenvalue weighted by Gasteiger charge is -2.19. The van der Waals surface area contributed by atoms with E-state index in [1.807, 2.05) is 51.8 Å². The van der Waals surface area contributed by atoms with Crippen molar-refractivity contribution < 1.29 is 9.53 Å². The number of nitrogens with zero attached hydrogens (tertiary/aromatic N) is 1. The van der Waals surface area contributed by atoms with Gasteiger partial charge in [0, 0.05) is 6.54 Å². The number of benzene rings is 2. The highest BCUT2D eigenvalue weighted by atomic mass is 35.5. The number of ether oxygens (including phenoxy) is 1. The number of carbonyl (C=O) groups excluding carboxylic acids is 1. The summed E-state index contributed by atoms with van der Waals surface area (Å²) in [7, 11) is 3.61. The maximum absolute atomic E-state index is 12.4. The second kappa shape index (κ2) is 8.56. The molecule has 2 rings (SSSR count). The summed E-state index contributed by atoms with van der Waals surface area (Å²) in [6, 6.07) is 8.06. The van der Waals surface area contributed by atoms with Crippen molar-refractivity contribution in [3.05, 3.63) is 57.1 Å². The summed E-state index contributed by atoms with van der Waals surface area (Å²) in [6.07, 6.45) is 0. The summed E-state index contributed by atoms with van der Waals surface area (Å²) in [5.74, 6) is 0.835. The lowest BCUT2D eigenvalue weighted by molar-refractivity contribution is -0.117. The minimum atomic E-state index is -0.0803. The Kier molecular flexibility index (Phi) is 6.68. The number of amides is 1. The van der Waals surface area contributed by atoms with Crippen LogP contribution in [0.15, 0.2) is 24.3 Å². The van der Waals surface area contributed by atoms with E-state index in [0.29, 0.717) is 17.3 Å². The Morgan fingerprint density at radius 3 is 2.23 bits per heavy atom. The van der Waals surface area contributed by atoms with Crippen molar-refractivity contribution in [1.82, 2.24) is 4.90 Å². The summed E-state index contributed by atoms with van der Waals surface area (Å²) < 4.78 is 5.41. The summed E-state index contributed by atoms with van der Waals surface area (Å²) in [5, 5.41) is 3.50. The van der Waals surface area contributed by atoms with Gasteiger partial charge in [-0.1, -0.05) is 29.8 Å². The molecule has 2 aromatic carbocycles. The van der Waals surface area contributed by atoms with Crippen molar-refractivity contribution in [2.45, 2.75) is 34.2 Å². The molecule has 0 radical (unpaired) electrons. The van der Waals surface area contributed by atoms with Crippen molar-refractivity contribution >= 4 is 23.2 Å². The zero-order valence-electron chi connectivity index (χ0n) is 16.4. The summed E-state index contributed by atoms with van der Waals surface area (Å²) in [4.78, 5) is 14.4. The van der Waals surface area contributed by atoms with Crippen LogP contribution in [0.25, 0.3) is 0 Å². The van der Waals surface area contributed by atoms with E-state index in [2.05, 4.69) is 17.4 Å². The first-order valence-corrected chi connectivity index (χ1v) is 8.98. The summed E-state index contributed by atoms with van der Waals surface area (Å²) in [6.45, 7) is 8.96. The van der Waals surface area contributed by atoms with Crippen LogP contribution >= 0.6 is 11.6 Å². The van der Waals surface area contributed by atoms with Gasteiger partial charge < -0.3 is 10.1 Å². The Bertz CT molecular complexity index is 772. The van der Waals surface area contributed by atoms with Crippen LogP contribution in [0.5, 0.6) is 5.75 Å². The molecule has 0 spiro atoms. The van der Waals surface area contributed by atoms with Crippen molar-refractivity contribution in [2.75, 3.05) is 26.0 Å². The van der Waals surface area contributed by atoms with Gasteiger partial charge in [-0.25, -0.2) is 0 Å². The third-order valence-corrected chi connectivity index (χ3v) is 4.58. The van der Waals surface area contributed by atoms with Crippen molar-refractivity contribution in [3.8, 4) is 5.75 Å². The molecule has 0 fully saturated rings. The Balaban J connectivity index is 2.02. The fraction of sp³-hybridized carbons (Fsp3) is 0.381. The Morgan fingerprint density at radius 2 is 1.69 bits per heavy atom. The lowest BCUT2D eigenvalue weighted by Crippen LogP contribution is -2.30. The minimum Gasteiger partial charge on any atom is -0.496 e. The summed E-state index contributed by atoms with van der Waals surface area (Å²) >= 11 is 6.27. The number of aryl methyl sites for hydroxylation is 4. The van der Waals surface area contributed by atoms with Crippen LogP contribution in [0.4, 0.5) is 5.69 Å². The monoisotopic (exact) mass is 374 g/mol. The highest BCUT2D eigenvalue weighted by molar-refractivity contribution is 6.34. The third kappa shape index (κ3) is 4.99. The predicted molar refractivity (Wildman–Crippen MR) is 108 cm³/mol. The van der Waals surface area contributed by atoms with E-state index in [0.717, 1.165) is 33.6 Å². The molecule has 5 heteroatoms. The molecule has 1 N–H and O–H groups in total. The van der Waals surface area contributed by atoms with Gasteiger partial charge in [-0.2, -0.15) is 0 Å². The average molecular weight is 375 g/mol. The van der Waals surface area contributed by atoms with Gasteiger partial charge in [0.05, 0.1) is 24.4 Å². The number of hydrogen-bond donors (Lipinski definition) is 1. The maximum Gasteiger partial charge on any atom is 0.238 e. The molecule has 0 heterocycles. The number of likely N-dealkylation sites (N-methyl/N-ethyl adjacent to an activating group) is 1. The van der Waals surface area contributed by atoms with E-state index in [-0.39, 0.29) is 12.5 Å². The average Bonchev–Trinajstić information content (AvgIpc) is 2.50. The lowest BCUT2D eigenvalue weighted by atomic mass is 10.1. The highest BCUT2D eigenvalue weighted by Gasteiger charge is 2.13. The van der Waals surface area contributed by atoms with E-state index >= 15 is 0 Å². The van der Waals surface area contributed by atoms with Gasteiger partial charge in [0.1, 0.15) is 5.75 Å².